The molecular weight excluding hydrogens is 250 g/mol. The van der Waals surface area contributed by atoms with E-state index in [1.54, 1.807) is 0 Å². The number of aromatic nitrogens is 1. The first-order valence-electron chi connectivity index (χ1n) is 6.58. The Morgan fingerprint density at radius 3 is 2.40 bits per heavy atom. The number of anilines is 1. The fraction of sp³-hybridized carbons (Fsp3) is 0.250. The van der Waals surface area contributed by atoms with E-state index in [4.69, 9.17) is 5.73 Å². The van der Waals surface area contributed by atoms with E-state index in [0.717, 1.165) is 17.0 Å². The molecule has 0 aliphatic heterocycles. The molecular formula is C16H19N3O. The summed E-state index contributed by atoms with van der Waals surface area (Å²) in [6.07, 6.45) is 0. The molecule has 1 aromatic carbocycles. The third kappa shape index (κ3) is 3.15. The number of nitrogens with zero attached hydrogens (tertiary/aromatic N) is 1. The van der Waals surface area contributed by atoms with E-state index >= 15 is 0 Å². The number of hydrogen-bond acceptors (Lipinski definition) is 3. The van der Waals surface area contributed by atoms with E-state index < -0.39 is 0 Å². The highest BCUT2D eigenvalue weighted by molar-refractivity contribution is 5.95. The zero-order chi connectivity index (χ0) is 14.7. The van der Waals surface area contributed by atoms with Gasteiger partial charge in [-0.3, -0.25) is 9.78 Å². The number of pyridine rings is 1. The monoisotopic (exact) mass is 269 g/mol. The summed E-state index contributed by atoms with van der Waals surface area (Å²) >= 11 is 0. The standard InChI is InChI=1S/C16H19N3O/c1-10-4-9-15(12(3)18-10)16(20)19-11(2)13-5-7-14(17)8-6-13/h4-9,11H,17H2,1-3H3,(H,19,20). The molecule has 1 atom stereocenters. The molecule has 0 fully saturated rings. The van der Waals surface area contributed by atoms with Gasteiger partial charge >= 0.3 is 0 Å². The van der Waals surface area contributed by atoms with Gasteiger partial charge in [0.2, 0.25) is 0 Å². The van der Waals surface area contributed by atoms with Crippen LogP contribution in [0.3, 0.4) is 0 Å². The van der Waals surface area contributed by atoms with E-state index in [1.165, 1.54) is 0 Å². The Labute approximate surface area is 119 Å². The van der Waals surface area contributed by atoms with Gasteiger partial charge in [-0.1, -0.05) is 12.1 Å². The Morgan fingerprint density at radius 2 is 1.80 bits per heavy atom. The first-order valence-corrected chi connectivity index (χ1v) is 6.58. The van der Waals surface area contributed by atoms with Crippen LogP contribution in [0.25, 0.3) is 0 Å². The van der Waals surface area contributed by atoms with Crippen molar-refractivity contribution < 1.29 is 4.79 Å². The number of nitrogen functional groups attached to an aromatic ring is 1. The predicted molar refractivity (Wildman–Crippen MR) is 80.4 cm³/mol. The minimum Gasteiger partial charge on any atom is -0.399 e. The number of nitrogens with one attached hydrogen (secondary N) is 1. The van der Waals surface area contributed by atoms with Crippen molar-refractivity contribution in [2.75, 3.05) is 5.73 Å². The van der Waals surface area contributed by atoms with Crippen molar-refractivity contribution in [3.63, 3.8) is 0 Å². The Bertz CT molecular complexity index is 620. The molecule has 1 amide bonds. The number of aryl methyl sites for hydroxylation is 2. The Balaban J connectivity index is 2.13. The van der Waals surface area contributed by atoms with Gasteiger partial charge in [0.25, 0.3) is 5.91 Å². The molecule has 3 N–H and O–H groups in total. The Hall–Kier alpha value is -2.36. The lowest BCUT2D eigenvalue weighted by Gasteiger charge is -2.15. The van der Waals surface area contributed by atoms with Crippen molar-refractivity contribution in [2.24, 2.45) is 0 Å². The zero-order valence-corrected chi connectivity index (χ0v) is 12.0. The first kappa shape index (κ1) is 14.1. The molecule has 20 heavy (non-hydrogen) atoms. The van der Waals surface area contributed by atoms with Gasteiger partial charge in [0, 0.05) is 11.4 Å². The van der Waals surface area contributed by atoms with E-state index in [9.17, 15) is 4.79 Å². The molecule has 0 saturated heterocycles. The van der Waals surface area contributed by atoms with Crippen molar-refractivity contribution in [3.05, 3.63) is 58.9 Å². The molecule has 1 heterocycles. The molecule has 4 nitrogen and oxygen atoms in total. The van der Waals surface area contributed by atoms with Gasteiger partial charge in [0.1, 0.15) is 0 Å². The summed E-state index contributed by atoms with van der Waals surface area (Å²) in [6.45, 7) is 5.70. The highest BCUT2D eigenvalue weighted by atomic mass is 16.1. The fourth-order valence-corrected chi connectivity index (χ4v) is 2.07. The second-order valence-corrected chi connectivity index (χ2v) is 4.95. The third-order valence-electron chi connectivity index (χ3n) is 3.25. The lowest BCUT2D eigenvalue weighted by molar-refractivity contribution is 0.0939. The minimum absolute atomic E-state index is 0.0798. The van der Waals surface area contributed by atoms with Gasteiger partial charge in [0.05, 0.1) is 17.3 Å². The summed E-state index contributed by atoms with van der Waals surface area (Å²) in [5, 5.41) is 2.97. The molecule has 1 aromatic heterocycles. The number of amides is 1. The molecule has 2 rings (SSSR count). The second kappa shape index (κ2) is 5.74. The van der Waals surface area contributed by atoms with Crippen molar-refractivity contribution in [3.8, 4) is 0 Å². The van der Waals surface area contributed by atoms with Crippen molar-refractivity contribution >= 4 is 11.6 Å². The Kier molecular flexibility index (Phi) is 4.03. The summed E-state index contributed by atoms with van der Waals surface area (Å²) < 4.78 is 0. The van der Waals surface area contributed by atoms with Crippen molar-refractivity contribution in [2.45, 2.75) is 26.8 Å². The van der Waals surface area contributed by atoms with E-state index in [-0.39, 0.29) is 11.9 Å². The van der Waals surface area contributed by atoms with Crippen LogP contribution in [0.15, 0.2) is 36.4 Å². The second-order valence-electron chi connectivity index (χ2n) is 4.95. The zero-order valence-electron chi connectivity index (χ0n) is 12.0. The molecule has 0 aliphatic carbocycles. The molecule has 1 unspecified atom stereocenters. The largest absolute Gasteiger partial charge is 0.399 e. The molecule has 0 saturated carbocycles. The van der Waals surface area contributed by atoms with Gasteiger partial charge in [-0.2, -0.15) is 0 Å². The number of carbonyl (C=O) groups excluding carboxylic acids is 1. The van der Waals surface area contributed by atoms with Crippen LogP contribution in [-0.4, -0.2) is 10.9 Å². The molecule has 2 aromatic rings. The minimum atomic E-state index is -0.112. The average molecular weight is 269 g/mol. The van der Waals surface area contributed by atoms with Gasteiger partial charge in [-0.05, 0) is 50.6 Å². The number of nitrogens with two attached hydrogens (primary N) is 1. The molecule has 0 aliphatic rings. The lowest BCUT2D eigenvalue weighted by atomic mass is 10.1. The topological polar surface area (TPSA) is 68.0 Å². The van der Waals surface area contributed by atoms with Crippen LogP contribution in [0.4, 0.5) is 5.69 Å². The summed E-state index contributed by atoms with van der Waals surface area (Å²) in [5.74, 6) is -0.112. The number of carbonyl (C=O) groups is 1. The average Bonchev–Trinajstić information content (AvgIpc) is 2.39. The quantitative estimate of drug-likeness (QED) is 0.842. The summed E-state index contributed by atoms with van der Waals surface area (Å²) in [7, 11) is 0. The highest BCUT2D eigenvalue weighted by Crippen LogP contribution is 2.15. The molecule has 0 radical (unpaired) electrons. The maximum atomic E-state index is 12.3. The smallest absolute Gasteiger partial charge is 0.253 e. The number of benzene rings is 1. The maximum Gasteiger partial charge on any atom is 0.253 e. The van der Waals surface area contributed by atoms with Crippen LogP contribution in [0.2, 0.25) is 0 Å². The summed E-state index contributed by atoms with van der Waals surface area (Å²) in [6, 6.07) is 11.1. The molecule has 0 spiro atoms. The SMILES string of the molecule is Cc1ccc(C(=O)NC(C)c2ccc(N)cc2)c(C)n1. The van der Waals surface area contributed by atoms with E-state index in [0.29, 0.717) is 11.3 Å². The highest BCUT2D eigenvalue weighted by Gasteiger charge is 2.13. The third-order valence-corrected chi connectivity index (χ3v) is 3.25. The fourth-order valence-electron chi connectivity index (χ4n) is 2.07. The van der Waals surface area contributed by atoms with Crippen LogP contribution in [0.1, 0.15) is 40.3 Å². The number of hydrogen-bond donors (Lipinski definition) is 2. The van der Waals surface area contributed by atoms with E-state index in [1.807, 2.05) is 57.2 Å². The van der Waals surface area contributed by atoms with Crippen LogP contribution in [-0.2, 0) is 0 Å². The first-order chi connectivity index (χ1) is 9.47. The van der Waals surface area contributed by atoms with Crippen LogP contribution in [0.5, 0.6) is 0 Å². The summed E-state index contributed by atoms with van der Waals surface area (Å²) in [5.41, 5.74) is 9.65. The number of rotatable bonds is 3. The Morgan fingerprint density at radius 1 is 1.15 bits per heavy atom. The van der Waals surface area contributed by atoms with Crippen LogP contribution in [0, 0.1) is 13.8 Å². The van der Waals surface area contributed by atoms with Gasteiger partial charge in [-0.15, -0.1) is 0 Å². The van der Waals surface area contributed by atoms with Crippen LogP contribution < -0.4 is 11.1 Å². The normalized spacial score (nSPS) is 11.9. The summed E-state index contributed by atoms with van der Waals surface area (Å²) in [4.78, 5) is 16.6. The van der Waals surface area contributed by atoms with Gasteiger partial charge < -0.3 is 11.1 Å². The molecule has 104 valence electrons. The maximum absolute atomic E-state index is 12.3. The van der Waals surface area contributed by atoms with Gasteiger partial charge in [-0.25, -0.2) is 0 Å². The molecule has 4 heteroatoms. The van der Waals surface area contributed by atoms with Gasteiger partial charge in [0.15, 0.2) is 0 Å². The van der Waals surface area contributed by atoms with E-state index in [2.05, 4.69) is 10.3 Å². The predicted octanol–water partition coefficient (Wildman–Crippen LogP) is 2.77. The van der Waals surface area contributed by atoms with Crippen molar-refractivity contribution in [1.29, 1.82) is 0 Å². The van der Waals surface area contributed by atoms with Crippen molar-refractivity contribution in [1.82, 2.24) is 10.3 Å². The lowest BCUT2D eigenvalue weighted by Crippen LogP contribution is -2.27. The van der Waals surface area contributed by atoms with Crippen LogP contribution >= 0.6 is 0 Å². The molecule has 0 bridgehead atoms.